The molecule has 0 saturated carbocycles. The van der Waals surface area contributed by atoms with E-state index in [1.54, 1.807) is 24.3 Å². The van der Waals surface area contributed by atoms with Gasteiger partial charge in [0.25, 0.3) is 5.91 Å². The fraction of sp³-hybridized carbons (Fsp3) is 0.318. The summed E-state index contributed by atoms with van der Waals surface area (Å²) < 4.78 is 11.0. The van der Waals surface area contributed by atoms with Gasteiger partial charge in [-0.05, 0) is 61.9 Å². The molecule has 1 aromatic carbocycles. The molecule has 0 spiro atoms. The SMILES string of the molecule is CCOC(=O)C1CCN(C2=NC(=O)C(=Cc3ccc(-c4ccc(Cl)c(Cl)c4)o3)S2)CC1. The van der Waals surface area contributed by atoms with E-state index in [0.29, 0.717) is 64.2 Å². The zero-order valence-corrected chi connectivity index (χ0v) is 19.1. The number of likely N-dealkylation sites (tertiary alicyclic amines) is 1. The van der Waals surface area contributed by atoms with Crippen LogP contribution >= 0.6 is 35.0 Å². The highest BCUT2D eigenvalue weighted by atomic mass is 35.5. The summed E-state index contributed by atoms with van der Waals surface area (Å²) in [5.74, 6) is 0.657. The molecular weight excluding hydrogens is 459 g/mol. The molecule has 1 aromatic heterocycles. The molecule has 31 heavy (non-hydrogen) atoms. The van der Waals surface area contributed by atoms with Gasteiger partial charge in [0.2, 0.25) is 0 Å². The third-order valence-corrected chi connectivity index (χ3v) is 6.88. The summed E-state index contributed by atoms with van der Waals surface area (Å²) in [6.07, 6.45) is 3.07. The number of rotatable bonds is 4. The fourth-order valence-electron chi connectivity index (χ4n) is 3.46. The van der Waals surface area contributed by atoms with Gasteiger partial charge in [-0.3, -0.25) is 9.59 Å². The first-order chi connectivity index (χ1) is 14.9. The number of benzene rings is 1. The Hall–Kier alpha value is -2.22. The lowest BCUT2D eigenvalue weighted by molar-refractivity contribution is -0.149. The van der Waals surface area contributed by atoms with Gasteiger partial charge in [0.05, 0.1) is 27.5 Å². The van der Waals surface area contributed by atoms with Crippen LogP contribution in [0.25, 0.3) is 17.4 Å². The Labute approximate surface area is 194 Å². The van der Waals surface area contributed by atoms with E-state index in [-0.39, 0.29) is 17.8 Å². The Morgan fingerprint density at radius 1 is 1.26 bits per heavy atom. The lowest BCUT2D eigenvalue weighted by atomic mass is 9.97. The van der Waals surface area contributed by atoms with Crippen molar-refractivity contribution in [2.45, 2.75) is 19.8 Å². The molecule has 0 unspecified atom stereocenters. The average Bonchev–Trinajstić information content (AvgIpc) is 3.38. The van der Waals surface area contributed by atoms with E-state index in [0.717, 1.165) is 5.56 Å². The van der Waals surface area contributed by atoms with E-state index < -0.39 is 0 Å². The minimum atomic E-state index is -0.292. The molecule has 1 amide bonds. The number of nitrogens with zero attached hydrogens (tertiary/aromatic N) is 2. The number of aliphatic imine (C=N–C) groups is 1. The van der Waals surface area contributed by atoms with E-state index in [1.165, 1.54) is 11.8 Å². The molecule has 0 bridgehead atoms. The zero-order chi connectivity index (χ0) is 22.0. The maximum atomic E-state index is 12.4. The van der Waals surface area contributed by atoms with Gasteiger partial charge in [-0.15, -0.1) is 0 Å². The van der Waals surface area contributed by atoms with E-state index in [1.807, 2.05) is 24.0 Å². The second-order valence-electron chi connectivity index (χ2n) is 7.15. The first kappa shape index (κ1) is 22.0. The first-order valence-electron chi connectivity index (χ1n) is 9.94. The Bertz CT molecular complexity index is 1070. The number of hydrogen-bond donors (Lipinski definition) is 0. The third-order valence-electron chi connectivity index (χ3n) is 5.10. The number of carbonyl (C=O) groups excluding carboxylic acids is 2. The van der Waals surface area contributed by atoms with E-state index in [9.17, 15) is 9.59 Å². The number of halogens is 2. The summed E-state index contributed by atoms with van der Waals surface area (Å²) in [7, 11) is 0. The molecule has 1 saturated heterocycles. The number of esters is 1. The van der Waals surface area contributed by atoms with Crippen LogP contribution < -0.4 is 0 Å². The third kappa shape index (κ3) is 5.00. The van der Waals surface area contributed by atoms with E-state index in [4.69, 9.17) is 32.4 Å². The average molecular weight is 479 g/mol. The van der Waals surface area contributed by atoms with Gasteiger partial charge < -0.3 is 14.1 Å². The van der Waals surface area contributed by atoms with Gasteiger partial charge in [-0.1, -0.05) is 23.2 Å². The van der Waals surface area contributed by atoms with Crippen molar-refractivity contribution in [3.63, 3.8) is 0 Å². The van der Waals surface area contributed by atoms with Gasteiger partial charge in [0.15, 0.2) is 5.17 Å². The van der Waals surface area contributed by atoms with Gasteiger partial charge in [-0.2, -0.15) is 4.99 Å². The smallest absolute Gasteiger partial charge is 0.309 e. The van der Waals surface area contributed by atoms with Crippen LogP contribution in [0.3, 0.4) is 0 Å². The zero-order valence-electron chi connectivity index (χ0n) is 16.8. The summed E-state index contributed by atoms with van der Waals surface area (Å²) >= 11 is 13.4. The molecular formula is C22H20Cl2N2O4S. The summed E-state index contributed by atoms with van der Waals surface area (Å²) in [6.45, 7) is 3.53. The van der Waals surface area contributed by atoms with E-state index >= 15 is 0 Å². The van der Waals surface area contributed by atoms with E-state index in [2.05, 4.69) is 4.99 Å². The Balaban J connectivity index is 1.40. The minimum Gasteiger partial charge on any atom is -0.466 e. The number of ether oxygens (including phenoxy) is 1. The number of amidine groups is 1. The second kappa shape index (κ2) is 9.51. The molecule has 0 radical (unpaired) electrons. The lowest BCUT2D eigenvalue weighted by Gasteiger charge is -2.31. The van der Waals surface area contributed by atoms with Crippen molar-refractivity contribution in [2.24, 2.45) is 10.9 Å². The van der Waals surface area contributed by atoms with Crippen LogP contribution in [-0.2, 0) is 14.3 Å². The Kier molecular flexibility index (Phi) is 6.74. The van der Waals surface area contributed by atoms with Gasteiger partial charge >= 0.3 is 5.97 Å². The van der Waals surface area contributed by atoms with Crippen molar-refractivity contribution >= 4 is 58.1 Å². The van der Waals surface area contributed by atoms with Crippen LogP contribution in [0, 0.1) is 5.92 Å². The molecule has 0 atom stereocenters. The molecule has 4 rings (SSSR count). The van der Waals surface area contributed by atoms with Crippen molar-refractivity contribution < 1.29 is 18.7 Å². The maximum Gasteiger partial charge on any atom is 0.309 e. The van der Waals surface area contributed by atoms with Crippen LogP contribution in [0.15, 0.2) is 44.6 Å². The summed E-state index contributed by atoms with van der Waals surface area (Å²) in [5.41, 5.74) is 0.797. The van der Waals surface area contributed by atoms with Gasteiger partial charge in [0.1, 0.15) is 11.5 Å². The predicted molar refractivity (Wildman–Crippen MR) is 123 cm³/mol. The molecule has 6 nitrogen and oxygen atoms in total. The second-order valence-corrected chi connectivity index (χ2v) is 8.98. The van der Waals surface area contributed by atoms with Crippen molar-refractivity contribution in [2.75, 3.05) is 19.7 Å². The molecule has 1 fully saturated rings. The number of amides is 1. The van der Waals surface area contributed by atoms with Crippen LogP contribution in [0.2, 0.25) is 10.0 Å². The molecule has 0 N–H and O–H groups in total. The van der Waals surface area contributed by atoms with Crippen LogP contribution in [0.1, 0.15) is 25.5 Å². The highest BCUT2D eigenvalue weighted by Gasteiger charge is 2.31. The number of hydrogen-bond acceptors (Lipinski definition) is 6. The topological polar surface area (TPSA) is 72.1 Å². The van der Waals surface area contributed by atoms with Crippen molar-refractivity contribution in [1.29, 1.82) is 0 Å². The minimum absolute atomic E-state index is 0.0863. The highest BCUT2D eigenvalue weighted by molar-refractivity contribution is 8.18. The number of carbonyl (C=O) groups is 2. The molecule has 3 heterocycles. The molecule has 9 heteroatoms. The molecule has 2 aliphatic rings. The Morgan fingerprint density at radius 3 is 2.74 bits per heavy atom. The standard InChI is InChI=1S/C22H20Cl2N2O4S/c1-2-29-21(28)13-7-9-26(10-8-13)22-25-20(27)19(31-22)12-15-4-6-18(30-15)14-3-5-16(23)17(24)11-14/h3-6,11-13H,2,7-10H2,1H3. The normalized spacial score (nSPS) is 18.5. The van der Waals surface area contributed by atoms with Crippen LogP contribution in [0.4, 0.5) is 0 Å². The van der Waals surface area contributed by atoms with Crippen molar-refractivity contribution in [1.82, 2.24) is 4.90 Å². The first-order valence-corrected chi connectivity index (χ1v) is 11.5. The number of furan rings is 1. The highest BCUT2D eigenvalue weighted by Crippen LogP contribution is 2.34. The quantitative estimate of drug-likeness (QED) is 0.426. The number of piperidine rings is 1. The van der Waals surface area contributed by atoms with Crippen LogP contribution in [-0.4, -0.2) is 41.6 Å². The maximum absolute atomic E-state index is 12.4. The molecule has 162 valence electrons. The molecule has 0 aliphatic carbocycles. The Morgan fingerprint density at radius 2 is 2.03 bits per heavy atom. The molecule has 2 aromatic rings. The number of thioether (sulfide) groups is 1. The summed E-state index contributed by atoms with van der Waals surface area (Å²) in [6, 6.07) is 8.87. The molecule has 2 aliphatic heterocycles. The lowest BCUT2D eigenvalue weighted by Crippen LogP contribution is -2.39. The summed E-state index contributed by atoms with van der Waals surface area (Å²) in [4.78, 5) is 31.0. The van der Waals surface area contributed by atoms with Gasteiger partial charge in [-0.25, -0.2) is 0 Å². The monoisotopic (exact) mass is 478 g/mol. The largest absolute Gasteiger partial charge is 0.466 e. The van der Waals surface area contributed by atoms with Crippen molar-refractivity contribution in [3.05, 3.63) is 51.0 Å². The van der Waals surface area contributed by atoms with Crippen molar-refractivity contribution in [3.8, 4) is 11.3 Å². The van der Waals surface area contributed by atoms with Crippen LogP contribution in [0.5, 0.6) is 0 Å². The summed E-state index contributed by atoms with van der Waals surface area (Å²) in [5, 5.41) is 1.58. The predicted octanol–water partition coefficient (Wildman–Crippen LogP) is 5.50. The van der Waals surface area contributed by atoms with Gasteiger partial charge in [0, 0.05) is 24.7 Å². The fourth-order valence-corrected chi connectivity index (χ4v) is 4.71.